The maximum atomic E-state index is 5.78. The summed E-state index contributed by atoms with van der Waals surface area (Å²) in [4.78, 5) is 4.52. The smallest absolute Gasteiger partial charge is 0.0809 e. The van der Waals surface area contributed by atoms with E-state index in [1.165, 1.54) is 35.9 Å². The maximum Gasteiger partial charge on any atom is 0.0809 e. The largest absolute Gasteiger partial charge is 0.271 e. The van der Waals surface area contributed by atoms with Crippen molar-refractivity contribution in [3.63, 3.8) is 0 Å². The molecule has 2 atom stereocenters. The van der Waals surface area contributed by atoms with Gasteiger partial charge in [0, 0.05) is 12.2 Å². The summed E-state index contributed by atoms with van der Waals surface area (Å²) in [5, 5.41) is 2.09. The van der Waals surface area contributed by atoms with Gasteiger partial charge in [-0.2, -0.15) is 0 Å². The van der Waals surface area contributed by atoms with Crippen molar-refractivity contribution in [2.75, 3.05) is 0 Å². The minimum Gasteiger partial charge on any atom is -0.271 e. The molecule has 2 heterocycles. The Kier molecular flexibility index (Phi) is 5.95. The van der Waals surface area contributed by atoms with E-state index in [1.807, 2.05) is 6.20 Å². The third-order valence-electron chi connectivity index (χ3n) is 4.04. The van der Waals surface area contributed by atoms with Crippen LogP contribution in [0.3, 0.4) is 0 Å². The van der Waals surface area contributed by atoms with Crippen molar-refractivity contribution in [1.29, 1.82) is 0 Å². The van der Waals surface area contributed by atoms with Gasteiger partial charge in [0.15, 0.2) is 0 Å². The number of hydrazine groups is 1. The van der Waals surface area contributed by atoms with E-state index in [0.29, 0.717) is 0 Å². The van der Waals surface area contributed by atoms with Crippen LogP contribution in [0.2, 0.25) is 0 Å². The molecule has 20 heavy (non-hydrogen) atoms. The molecule has 4 heteroatoms. The number of rotatable bonds is 8. The summed E-state index contributed by atoms with van der Waals surface area (Å²) in [6, 6.07) is 4.49. The molecule has 2 aromatic heterocycles. The number of nitrogens with zero attached hydrogens (tertiary/aromatic N) is 1. The Bertz CT molecular complexity index is 523. The number of hydrogen-bond donors (Lipinski definition) is 2. The Labute approximate surface area is 125 Å². The second-order valence-electron chi connectivity index (χ2n) is 5.44. The van der Waals surface area contributed by atoms with Gasteiger partial charge in [-0.05, 0) is 35.4 Å². The average Bonchev–Trinajstić information content (AvgIpc) is 2.95. The Morgan fingerprint density at radius 3 is 2.95 bits per heavy atom. The summed E-state index contributed by atoms with van der Waals surface area (Å²) < 4.78 is 1.24. The average molecular weight is 291 g/mol. The highest BCUT2D eigenvalue weighted by atomic mass is 32.1. The van der Waals surface area contributed by atoms with Crippen LogP contribution in [0.5, 0.6) is 0 Å². The van der Waals surface area contributed by atoms with E-state index in [4.69, 9.17) is 5.84 Å². The van der Waals surface area contributed by atoms with E-state index in [0.717, 1.165) is 17.9 Å². The van der Waals surface area contributed by atoms with Gasteiger partial charge in [0.1, 0.15) is 0 Å². The predicted octanol–water partition coefficient (Wildman–Crippen LogP) is 4.41. The first-order valence-corrected chi connectivity index (χ1v) is 8.45. The normalized spacial score (nSPS) is 14.6. The van der Waals surface area contributed by atoms with Gasteiger partial charge in [0.2, 0.25) is 0 Å². The molecule has 0 aromatic carbocycles. The van der Waals surface area contributed by atoms with E-state index < -0.39 is 0 Å². The second-order valence-corrected chi connectivity index (χ2v) is 6.39. The van der Waals surface area contributed by atoms with Crippen molar-refractivity contribution < 1.29 is 0 Å². The van der Waals surface area contributed by atoms with E-state index in [-0.39, 0.29) is 6.04 Å². The molecule has 3 nitrogen and oxygen atoms in total. The van der Waals surface area contributed by atoms with Gasteiger partial charge >= 0.3 is 0 Å². The van der Waals surface area contributed by atoms with Crippen LogP contribution >= 0.6 is 11.3 Å². The number of nitrogens with two attached hydrogens (primary N) is 1. The molecule has 0 aliphatic heterocycles. The lowest BCUT2D eigenvalue weighted by Gasteiger charge is -2.22. The SMILES string of the molecule is CCCCC(CC)CC(NN)c1cnc2ccsc2c1. The van der Waals surface area contributed by atoms with Crippen molar-refractivity contribution in [3.05, 3.63) is 29.3 Å². The number of thiophene rings is 1. The Morgan fingerprint density at radius 2 is 2.25 bits per heavy atom. The molecule has 0 bridgehead atoms. The van der Waals surface area contributed by atoms with E-state index in [2.05, 4.69) is 41.8 Å². The third-order valence-corrected chi connectivity index (χ3v) is 4.89. The van der Waals surface area contributed by atoms with Gasteiger partial charge in [-0.3, -0.25) is 16.3 Å². The quantitative estimate of drug-likeness (QED) is 0.559. The molecule has 110 valence electrons. The summed E-state index contributed by atoms with van der Waals surface area (Å²) in [6.45, 7) is 4.52. The van der Waals surface area contributed by atoms with E-state index in [1.54, 1.807) is 11.3 Å². The summed E-state index contributed by atoms with van der Waals surface area (Å²) >= 11 is 1.74. The molecule has 0 saturated heterocycles. The predicted molar refractivity (Wildman–Crippen MR) is 87.6 cm³/mol. The van der Waals surface area contributed by atoms with Crippen molar-refractivity contribution in [2.24, 2.45) is 11.8 Å². The standard InChI is InChI=1S/C16H25N3S/c1-3-5-6-12(4-2)9-15(19-17)13-10-16-14(18-11-13)7-8-20-16/h7-8,10-12,15,19H,3-6,9,17H2,1-2H3. The highest BCUT2D eigenvalue weighted by molar-refractivity contribution is 7.17. The molecule has 3 N–H and O–H groups in total. The van der Waals surface area contributed by atoms with Crippen molar-refractivity contribution >= 4 is 21.6 Å². The zero-order valence-electron chi connectivity index (χ0n) is 12.4. The van der Waals surface area contributed by atoms with Crippen LogP contribution in [0.4, 0.5) is 0 Å². The molecular formula is C16H25N3S. The number of hydrogen-bond acceptors (Lipinski definition) is 4. The fraction of sp³-hybridized carbons (Fsp3) is 0.562. The van der Waals surface area contributed by atoms with Gasteiger partial charge in [-0.15, -0.1) is 11.3 Å². The fourth-order valence-electron chi connectivity index (χ4n) is 2.67. The maximum absolute atomic E-state index is 5.78. The highest BCUT2D eigenvalue weighted by Crippen LogP contribution is 2.28. The highest BCUT2D eigenvalue weighted by Gasteiger charge is 2.16. The monoisotopic (exact) mass is 291 g/mol. The van der Waals surface area contributed by atoms with E-state index >= 15 is 0 Å². The van der Waals surface area contributed by atoms with Crippen LogP contribution in [0.15, 0.2) is 23.7 Å². The molecule has 0 amide bonds. The molecular weight excluding hydrogens is 266 g/mol. The van der Waals surface area contributed by atoms with Gasteiger partial charge in [-0.25, -0.2) is 0 Å². The van der Waals surface area contributed by atoms with Crippen LogP contribution in [0, 0.1) is 5.92 Å². The number of pyridine rings is 1. The first kappa shape index (κ1) is 15.4. The van der Waals surface area contributed by atoms with Crippen LogP contribution in [-0.4, -0.2) is 4.98 Å². The fourth-order valence-corrected chi connectivity index (χ4v) is 3.46. The van der Waals surface area contributed by atoms with E-state index in [9.17, 15) is 0 Å². The summed E-state index contributed by atoms with van der Waals surface area (Å²) in [5.41, 5.74) is 5.26. The lowest BCUT2D eigenvalue weighted by atomic mass is 9.90. The Morgan fingerprint density at radius 1 is 1.40 bits per heavy atom. The van der Waals surface area contributed by atoms with Crippen LogP contribution < -0.4 is 11.3 Å². The zero-order valence-corrected chi connectivity index (χ0v) is 13.2. The molecule has 0 aliphatic rings. The Hall–Kier alpha value is -0.970. The molecule has 0 radical (unpaired) electrons. The van der Waals surface area contributed by atoms with Crippen molar-refractivity contribution in [3.8, 4) is 0 Å². The van der Waals surface area contributed by atoms with Crippen molar-refractivity contribution in [1.82, 2.24) is 10.4 Å². The molecule has 0 saturated carbocycles. The molecule has 2 aromatic rings. The number of unbranched alkanes of at least 4 members (excludes halogenated alkanes) is 1. The summed E-state index contributed by atoms with van der Waals surface area (Å²) in [7, 11) is 0. The number of fused-ring (bicyclic) bond motifs is 1. The first-order chi connectivity index (χ1) is 9.78. The van der Waals surface area contributed by atoms with Crippen molar-refractivity contribution in [2.45, 2.75) is 52.0 Å². The number of aromatic nitrogens is 1. The van der Waals surface area contributed by atoms with Gasteiger partial charge < -0.3 is 0 Å². The summed E-state index contributed by atoms with van der Waals surface area (Å²) in [5.74, 6) is 6.51. The van der Waals surface area contributed by atoms with Gasteiger partial charge in [0.25, 0.3) is 0 Å². The molecule has 0 aliphatic carbocycles. The minimum absolute atomic E-state index is 0.204. The first-order valence-electron chi connectivity index (χ1n) is 7.57. The Balaban J connectivity index is 2.09. The zero-order chi connectivity index (χ0) is 14.4. The molecule has 2 rings (SSSR count). The molecule has 2 unspecified atom stereocenters. The van der Waals surface area contributed by atoms with Crippen LogP contribution in [0.1, 0.15) is 57.6 Å². The second kappa shape index (κ2) is 7.72. The van der Waals surface area contributed by atoms with Gasteiger partial charge in [-0.1, -0.05) is 39.5 Å². The molecule has 0 spiro atoms. The third kappa shape index (κ3) is 3.78. The number of nitrogens with one attached hydrogen (secondary N) is 1. The molecule has 0 fully saturated rings. The summed E-state index contributed by atoms with van der Waals surface area (Å²) in [6.07, 6.45) is 8.13. The lowest BCUT2D eigenvalue weighted by Crippen LogP contribution is -2.29. The van der Waals surface area contributed by atoms with Gasteiger partial charge in [0.05, 0.1) is 10.2 Å². The van der Waals surface area contributed by atoms with Crippen LogP contribution in [0.25, 0.3) is 10.2 Å². The lowest BCUT2D eigenvalue weighted by molar-refractivity contribution is 0.356. The van der Waals surface area contributed by atoms with Crippen LogP contribution in [-0.2, 0) is 0 Å². The topological polar surface area (TPSA) is 50.9 Å². The minimum atomic E-state index is 0.204.